The number of carboxylic acid groups (broad SMARTS) is 1. The molecular formula is C13H25NO3. The minimum atomic E-state index is -0.861. The van der Waals surface area contributed by atoms with E-state index in [2.05, 4.69) is 0 Å². The number of hydrogen-bond acceptors (Lipinski definition) is 2. The van der Waals surface area contributed by atoms with Crippen LogP contribution in [0.3, 0.4) is 0 Å². The number of carbonyl (C=O) groups is 2. The predicted molar refractivity (Wildman–Crippen MR) is 67.7 cm³/mol. The zero-order valence-corrected chi connectivity index (χ0v) is 11.8. The first kappa shape index (κ1) is 15.9. The first-order chi connectivity index (χ1) is 7.55. The SMILES string of the molecule is CC(C)CN(CC(C)C(=O)O)C(=O)C(C)(C)C. The van der Waals surface area contributed by atoms with Crippen LogP contribution in [0.5, 0.6) is 0 Å². The summed E-state index contributed by atoms with van der Waals surface area (Å²) in [6, 6.07) is 0. The molecule has 0 saturated carbocycles. The summed E-state index contributed by atoms with van der Waals surface area (Å²) in [6.45, 7) is 12.1. The van der Waals surface area contributed by atoms with E-state index in [0.717, 1.165) is 0 Å². The monoisotopic (exact) mass is 243 g/mol. The quantitative estimate of drug-likeness (QED) is 0.805. The second-order valence-corrected chi connectivity index (χ2v) is 6.09. The third-order valence-corrected chi connectivity index (χ3v) is 2.43. The van der Waals surface area contributed by atoms with Crippen LogP contribution in [0.15, 0.2) is 0 Å². The summed E-state index contributed by atoms with van der Waals surface area (Å²) in [5.74, 6) is -1.04. The van der Waals surface area contributed by atoms with Crippen molar-refractivity contribution >= 4 is 11.9 Å². The fraction of sp³-hybridized carbons (Fsp3) is 0.846. The molecule has 4 nitrogen and oxygen atoms in total. The standard InChI is InChI=1S/C13H25NO3/c1-9(2)7-14(8-10(3)11(15)16)12(17)13(4,5)6/h9-10H,7-8H2,1-6H3,(H,15,16). The van der Waals surface area contributed by atoms with Gasteiger partial charge in [0.05, 0.1) is 5.92 Å². The molecule has 17 heavy (non-hydrogen) atoms. The number of hydrogen-bond donors (Lipinski definition) is 1. The van der Waals surface area contributed by atoms with Gasteiger partial charge in [0, 0.05) is 18.5 Å². The molecule has 0 aliphatic carbocycles. The van der Waals surface area contributed by atoms with Crippen LogP contribution in [0.2, 0.25) is 0 Å². The largest absolute Gasteiger partial charge is 0.481 e. The van der Waals surface area contributed by atoms with Gasteiger partial charge >= 0.3 is 5.97 Å². The van der Waals surface area contributed by atoms with Crippen LogP contribution in [-0.2, 0) is 9.59 Å². The Morgan fingerprint density at radius 2 is 1.59 bits per heavy atom. The van der Waals surface area contributed by atoms with E-state index in [4.69, 9.17) is 5.11 Å². The smallest absolute Gasteiger partial charge is 0.308 e. The molecule has 0 aliphatic heterocycles. The zero-order valence-electron chi connectivity index (χ0n) is 11.8. The third kappa shape index (κ3) is 5.71. The number of carbonyl (C=O) groups excluding carboxylic acids is 1. The Balaban J connectivity index is 4.77. The molecule has 0 aliphatic rings. The van der Waals surface area contributed by atoms with Gasteiger partial charge in [-0.3, -0.25) is 9.59 Å². The molecule has 0 bridgehead atoms. The van der Waals surface area contributed by atoms with Crippen LogP contribution < -0.4 is 0 Å². The van der Waals surface area contributed by atoms with Gasteiger partial charge in [0.1, 0.15) is 0 Å². The van der Waals surface area contributed by atoms with Crippen LogP contribution in [0.4, 0.5) is 0 Å². The fourth-order valence-electron chi connectivity index (χ4n) is 1.56. The lowest BCUT2D eigenvalue weighted by molar-refractivity contribution is -0.145. The molecule has 0 aromatic rings. The van der Waals surface area contributed by atoms with Crippen molar-refractivity contribution < 1.29 is 14.7 Å². The number of amides is 1. The van der Waals surface area contributed by atoms with Gasteiger partial charge in [-0.15, -0.1) is 0 Å². The Bertz CT molecular complexity index is 279. The van der Waals surface area contributed by atoms with Crippen molar-refractivity contribution in [2.45, 2.75) is 41.5 Å². The summed E-state index contributed by atoms with van der Waals surface area (Å²) in [7, 11) is 0. The molecule has 0 aromatic heterocycles. The van der Waals surface area contributed by atoms with E-state index < -0.39 is 17.3 Å². The second-order valence-electron chi connectivity index (χ2n) is 6.09. The van der Waals surface area contributed by atoms with Gasteiger partial charge < -0.3 is 10.0 Å². The molecule has 1 N–H and O–H groups in total. The molecule has 100 valence electrons. The molecule has 0 spiro atoms. The molecule has 1 atom stereocenters. The van der Waals surface area contributed by atoms with Crippen LogP contribution in [0.1, 0.15) is 41.5 Å². The van der Waals surface area contributed by atoms with Crippen molar-refractivity contribution in [2.24, 2.45) is 17.3 Å². The number of carboxylic acids is 1. The van der Waals surface area contributed by atoms with E-state index in [0.29, 0.717) is 12.5 Å². The van der Waals surface area contributed by atoms with Gasteiger partial charge in [-0.2, -0.15) is 0 Å². The van der Waals surface area contributed by atoms with Crippen molar-refractivity contribution in [2.75, 3.05) is 13.1 Å². The Morgan fingerprint density at radius 1 is 1.12 bits per heavy atom. The Kier molecular flexibility index (Phi) is 5.66. The van der Waals surface area contributed by atoms with E-state index in [9.17, 15) is 9.59 Å². The molecule has 0 heterocycles. The van der Waals surface area contributed by atoms with E-state index in [1.165, 1.54) is 0 Å². The molecule has 0 saturated heterocycles. The average Bonchev–Trinajstić information content (AvgIpc) is 2.13. The second kappa shape index (κ2) is 6.03. The van der Waals surface area contributed by atoms with Gasteiger partial charge in [-0.1, -0.05) is 41.5 Å². The minimum Gasteiger partial charge on any atom is -0.481 e. The maximum absolute atomic E-state index is 12.2. The number of aliphatic carboxylic acids is 1. The van der Waals surface area contributed by atoms with E-state index >= 15 is 0 Å². The van der Waals surface area contributed by atoms with Gasteiger partial charge in [0.25, 0.3) is 0 Å². The lowest BCUT2D eigenvalue weighted by Gasteiger charge is -2.32. The molecule has 0 aromatic carbocycles. The summed E-state index contributed by atoms with van der Waals surface area (Å²) in [4.78, 5) is 24.7. The number of nitrogens with zero attached hydrogens (tertiary/aromatic N) is 1. The highest BCUT2D eigenvalue weighted by molar-refractivity contribution is 5.82. The van der Waals surface area contributed by atoms with Gasteiger partial charge in [0.2, 0.25) is 5.91 Å². The summed E-state index contributed by atoms with van der Waals surface area (Å²) in [5, 5.41) is 8.91. The summed E-state index contributed by atoms with van der Waals surface area (Å²) in [6.07, 6.45) is 0. The van der Waals surface area contributed by atoms with Crippen molar-refractivity contribution in [1.29, 1.82) is 0 Å². The van der Waals surface area contributed by atoms with Gasteiger partial charge in [-0.05, 0) is 5.92 Å². The Morgan fingerprint density at radius 3 is 1.88 bits per heavy atom. The number of rotatable bonds is 5. The average molecular weight is 243 g/mol. The van der Waals surface area contributed by atoms with Crippen molar-refractivity contribution in [3.8, 4) is 0 Å². The lowest BCUT2D eigenvalue weighted by atomic mass is 9.93. The van der Waals surface area contributed by atoms with Crippen molar-refractivity contribution in [3.05, 3.63) is 0 Å². The molecule has 0 fully saturated rings. The topological polar surface area (TPSA) is 57.6 Å². The fourth-order valence-corrected chi connectivity index (χ4v) is 1.56. The first-order valence-electron chi connectivity index (χ1n) is 6.08. The molecule has 0 radical (unpaired) electrons. The van der Waals surface area contributed by atoms with Gasteiger partial charge in [0.15, 0.2) is 0 Å². The summed E-state index contributed by atoms with van der Waals surface area (Å²) in [5.41, 5.74) is -0.465. The summed E-state index contributed by atoms with van der Waals surface area (Å²) < 4.78 is 0. The maximum atomic E-state index is 12.2. The van der Waals surface area contributed by atoms with Crippen LogP contribution >= 0.6 is 0 Å². The zero-order chi connectivity index (χ0) is 13.8. The van der Waals surface area contributed by atoms with Crippen LogP contribution in [0.25, 0.3) is 0 Å². The minimum absolute atomic E-state index is 0.0132. The Hall–Kier alpha value is -1.06. The normalized spacial score (nSPS) is 13.6. The van der Waals surface area contributed by atoms with Gasteiger partial charge in [-0.25, -0.2) is 0 Å². The lowest BCUT2D eigenvalue weighted by Crippen LogP contribution is -2.44. The molecule has 1 unspecified atom stereocenters. The van der Waals surface area contributed by atoms with E-state index in [1.807, 2.05) is 34.6 Å². The van der Waals surface area contributed by atoms with Crippen LogP contribution in [0, 0.1) is 17.3 Å². The molecule has 4 heteroatoms. The van der Waals surface area contributed by atoms with E-state index in [1.54, 1.807) is 11.8 Å². The first-order valence-corrected chi connectivity index (χ1v) is 6.08. The molecule has 1 amide bonds. The highest BCUT2D eigenvalue weighted by atomic mass is 16.4. The third-order valence-electron chi connectivity index (χ3n) is 2.43. The van der Waals surface area contributed by atoms with E-state index in [-0.39, 0.29) is 12.5 Å². The van der Waals surface area contributed by atoms with Crippen molar-refractivity contribution in [3.63, 3.8) is 0 Å². The Labute approximate surface area is 104 Å². The predicted octanol–water partition coefficient (Wildman–Crippen LogP) is 2.24. The summed E-state index contributed by atoms with van der Waals surface area (Å²) >= 11 is 0. The van der Waals surface area contributed by atoms with Crippen LogP contribution in [-0.4, -0.2) is 35.0 Å². The molecular weight excluding hydrogens is 218 g/mol. The highest BCUT2D eigenvalue weighted by Gasteiger charge is 2.29. The molecule has 0 rings (SSSR count). The van der Waals surface area contributed by atoms with Crippen molar-refractivity contribution in [1.82, 2.24) is 4.90 Å². The highest BCUT2D eigenvalue weighted by Crippen LogP contribution is 2.19. The maximum Gasteiger partial charge on any atom is 0.308 e.